The molecule has 1 aromatic rings. The number of carbonyl (C=O) groups is 2. The molecule has 0 aromatic heterocycles. The van der Waals surface area contributed by atoms with Gasteiger partial charge in [0, 0.05) is 5.70 Å². The SMILES string of the molecule is CCOC(=O)C1=C(C)NC(=O)N[C@H]1c1c(F)cccc1F. The molecule has 2 rings (SSSR count). The maximum atomic E-state index is 13.9. The lowest BCUT2D eigenvalue weighted by Gasteiger charge is -2.28. The number of halogens is 2. The van der Waals surface area contributed by atoms with Crippen LogP contribution in [-0.2, 0) is 9.53 Å². The molecule has 0 spiro atoms. The van der Waals surface area contributed by atoms with Gasteiger partial charge in [-0.2, -0.15) is 0 Å². The Balaban J connectivity index is 2.55. The molecule has 0 radical (unpaired) electrons. The third-order valence-electron chi connectivity index (χ3n) is 3.05. The quantitative estimate of drug-likeness (QED) is 0.840. The summed E-state index contributed by atoms with van der Waals surface area (Å²) in [7, 11) is 0. The van der Waals surface area contributed by atoms with Gasteiger partial charge in [-0.3, -0.25) is 0 Å². The minimum absolute atomic E-state index is 0.0274. The second-order valence-corrected chi connectivity index (χ2v) is 4.43. The molecule has 1 atom stereocenters. The van der Waals surface area contributed by atoms with Crippen molar-refractivity contribution in [1.29, 1.82) is 0 Å². The largest absolute Gasteiger partial charge is 0.463 e. The Labute approximate surface area is 120 Å². The molecule has 0 bridgehead atoms. The van der Waals surface area contributed by atoms with Crippen LogP contribution in [0.2, 0.25) is 0 Å². The zero-order valence-electron chi connectivity index (χ0n) is 11.5. The molecular weight excluding hydrogens is 282 g/mol. The number of allylic oxidation sites excluding steroid dienone is 1. The fourth-order valence-corrected chi connectivity index (χ4v) is 2.18. The van der Waals surface area contributed by atoms with E-state index in [1.807, 2.05) is 0 Å². The first-order valence-corrected chi connectivity index (χ1v) is 6.35. The number of esters is 1. The zero-order valence-corrected chi connectivity index (χ0v) is 11.5. The maximum absolute atomic E-state index is 13.9. The zero-order chi connectivity index (χ0) is 15.6. The smallest absolute Gasteiger partial charge is 0.338 e. The molecule has 1 heterocycles. The monoisotopic (exact) mass is 296 g/mol. The number of carbonyl (C=O) groups excluding carboxylic acids is 2. The van der Waals surface area contributed by atoms with Crippen LogP contribution in [0.1, 0.15) is 25.5 Å². The van der Waals surface area contributed by atoms with Crippen molar-refractivity contribution in [2.45, 2.75) is 19.9 Å². The predicted molar refractivity (Wildman–Crippen MR) is 70.1 cm³/mol. The fraction of sp³-hybridized carbons (Fsp3) is 0.286. The van der Waals surface area contributed by atoms with Crippen LogP contribution >= 0.6 is 0 Å². The van der Waals surface area contributed by atoms with E-state index in [9.17, 15) is 18.4 Å². The highest BCUT2D eigenvalue weighted by molar-refractivity contribution is 5.95. The molecule has 0 saturated carbocycles. The molecule has 0 fully saturated rings. The molecule has 1 aliphatic rings. The van der Waals surface area contributed by atoms with Crippen LogP contribution in [0.5, 0.6) is 0 Å². The van der Waals surface area contributed by atoms with E-state index in [2.05, 4.69) is 10.6 Å². The van der Waals surface area contributed by atoms with Crippen molar-refractivity contribution in [3.05, 3.63) is 46.7 Å². The summed E-state index contributed by atoms with van der Waals surface area (Å²) in [5.41, 5.74) is -0.222. The highest BCUT2D eigenvalue weighted by Crippen LogP contribution is 2.31. The Morgan fingerprint density at radius 3 is 2.52 bits per heavy atom. The van der Waals surface area contributed by atoms with Crippen LogP contribution in [0.25, 0.3) is 0 Å². The Morgan fingerprint density at radius 2 is 1.95 bits per heavy atom. The van der Waals surface area contributed by atoms with Gasteiger partial charge < -0.3 is 15.4 Å². The van der Waals surface area contributed by atoms with Crippen molar-refractivity contribution in [2.24, 2.45) is 0 Å². The number of nitrogens with one attached hydrogen (secondary N) is 2. The van der Waals surface area contributed by atoms with Crippen LogP contribution in [0.4, 0.5) is 13.6 Å². The minimum Gasteiger partial charge on any atom is -0.463 e. The number of benzene rings is 1. The van der Waals surface area contributed by atoms with Crippen molar-refractivity contribution in [2.75, 3.05) is 6.61 Å². The summed E-state index contributed by atoms with van der Waals surface area (Å²) in [5, 5.41) is 4.74. The van der Waals surface area contributed by atoms with E-state index < -0.39 is 35.2 Å². The van der Waals surface area contributed by atoms with Gasteiger partial charge in [-0.25, -0.2) is 18.4 Å². The first kappa shape index (κ1) is 15.0. The van der Waals surface area contributed by atoms with E-state index in [1.54, 1.807) is 6.92 Å². The summed E-state index contributed by atoms with van der Waals surface area (Å²) in [6, 6.07) is 1.44. The third-order valence-corrected chi connectivity index (χ3v) is 3.05. The second kappa shape index (κ2) is 5.90. The van der Waals surface area contributed by atoms with Crippen molar-refractivity contribution in [3.8, 4) is 0 Å². The summed E-state index contributed by atoms with van der Waals surface area (Å²) in [4.78, 5) is 23.6. The molecule has 1 aliphatic heterocycles. The van der Waals surface area contributed by atoms with E-state index in [4.69, 9.17) is 4.74 Å². The average molecular weight is 296 g/mol. The lowest BCUT2D eigenvalue weighted by molar-refractivity contribution is -0.139. The van der Waals surface area contributed by atoms with Crippen molar-refractivity contribution in [1.82, 2.24) is 10.6 Å². The van der Waals surface area contributed by atoms with Crippen LogP contribution in [0.3, 0.4) is 0 Å². The molecule has 5 nitrogen and oxygen atoms in total. The topological polar surface area (TPSA) is 67.4 Å². The third kappa shape index (κ3) is 2.86. The number of hydrogen-bond acceptors (Lipinski definition) is 3. The Bertz CT molecular complexity index is 608. The van der Waals surface area contributed by atoms with Crippen LogP contribution in [0.15, 0.2) is 29.5 Å². The molecule has 2 N–H and O–H groups in total. The van der Waals surface area contributed by atoms with E-state index >= 15 is 0 Å². The second-order valence-electron chi connectivity index (χ2n) is 4.43. The molecule has 2 amide bonds. The summed E-state index contributed by atoms with van der Waals surface area (Å²) >= 11 is 0. The van der Waals surface area contributed by atoms with Gasteiger partial charge in [-0.05, 0) is 26.0 Å². The van der Waals surface area contributed by atoms with Gasteiger partial charge >= 0.3 is 12.0 Å². The summed E-state index contributed by atoms with van der Waals surface area (Å²) in [5.74, 6) is -2.44. The molecule has 1 aromatic carbocycles. The number of amides is 2. The molecule has 0 aliphatic carbocycles. The number of ether oxygens (including phenoxy) is 1. The van der Waals surface area contributed by atoms with Gasteiger partial charge in [0.05, 0.1) is 23.8 Å². The lowest BCUT2D eigenvalue weighted by Crippen LogP contribution is -2.45. The number of rotatable bonds is 3. The molecule has 112 valence electrons. The first-order chi connectivity index (χ1) is 9.95. The number of hydrogen-bond donors (Lipinski definition) is 2. The van der Waals surface area contributed by atoms with E-state index in [0.29, 0.717) is 0 Å². The Morgan fingerprint density at radius 1 is 1.33 bits per heavy atom. The van der Waals surface area contributed by atoms with Gasteiger partial charge in [0.25, 0.3) is 0 Å². The molecule has 0 unspecified atom stereocenters. The number of urea groups is 1. The van der Waals surface area contributed by atoms with E-state index in [1.165, 1.54) is 13.0 Å². The lowest BCUT2D eigenvalue weighted by atomic mass is 9.94. The van der Waals surface area contributed by atoms with Crippen molar-refractivity contribution < 1.29 is 23.1 Å². The van der Waals surface area contributed by atoms with Gasteiger partial charge in [0.15, 0.2) is 0 Å². The molecule has 21 heavy (non-hydrogen) atoms. The van der Waals surface area contributed by atoms with Gasteiger partial charge in [-0.15, -0.1) is 0 Å². The average Bonchev–Trinajstić information content (AvgIpc) is 2.37. The standard InChI is InChI=1S/C14H14F2N2O3/c1-3-21-13(19)10-7(2)17-14(20)18-12(10)11-8(15)5-4-6-9(11)16/h4-6,12H,3H2,1-2H3,(H2,17,18,20)/t12-/m1/s1. The molecular formula is C14H14F2N2O3. The van der Waals surface area contributed by atoms with Gasteiger partial charge in [0.2, 0.25) is 0 Å². The van der Waals surface area contributed by atoms with Gasteiger partial charge in [-0.1, -0.05) is 6.07 Å². The normalized spacial score (nSPS) is 18.1. The van der Waals surface area contributed by atoms with Gasteiger partial charge in [0.1, 0.15) is 11.6 Å². The van der Waals surface area contributed by atoms with E-state index in [0.717, 1.165) is 12.1 Å². The first-order valence-electron chi connectivity index (χ1n) is 6.35. The fourth-order valence-electron chi connectivity index (χ4n) is 2.18. The van der Waals surface area contributed by atoms with Crippen molar-refractivity contribution >= 4 is 12.0 Å². The highest BCUT2D eigenvalue weighted by atomic mass is 19.1. The van der Waals surface area contributed by atoms with Crippen LogP contribution < -0.4 is 10.6 Å². The van der Waals surface area contributed by atoms with E-state index in [-0.39, 0.29) is 17.9 Å². The molecule has 0 saturated heterocycles. The maximum Gasteiger partial charge on any atom is 0.338 e. The van der Waals surface area contributed by atoms with Crippen molar-refractivity contribution in [3.63, 3.8) is 0 Å². The molecule has 7 heteroatoms. The summed E-state index contributed by atoms with van der Waals surface area (Å²) in [6.07, 6.45) is 0. The minimum atomic E-state index is -1.24. The highest BCUT2D eigenvalue weighted by Gasteiger charge is 2.35. The summed E-state index contributed by atoms with van der Waals surface area (Å²) in [6.45, 7) is 3.19. The Hall–Kier alpha value is -2.44. The predicted octanol–water partition coefficient (Wildman–Crippen LogP) is 2.16. The Kier molecular flexibility index (Phi) is 4.21. The van der Waals surface area contributed by atoms with Crippen LogP contribution in [-0.4, -0.2) is 18.6 Å². The summed E-state index contributed by atoms with van der Waals surface area (Å²) < 4.78 is 32.7. The van der Waals surface area contributed by atoms with Crippen LogP contribution in [0, 0.1) is 11.6 Å².